The van der Waals surface area contributed by atoms with E-state index in [1.165, 1.54) is 28.6 Å². The molecule has 10 heteroatoms. The molecule has 1 rings (SSSR count). The van der Waals surface area contributed by atoms with Gasteiger partial charge in [0.1, 0.15) is 12.3 Å². The number of benzene rings is 1. The minimum Gasteiger partial charge on any atom is -0.480 e. The Bertz CT molecular complexity index is 726. The van der Waals surface area contributed by atoms with Gasteiger partial charge in [-0.3, -0.25) is 14.4 Å². The van der Waals surface area contributed by atoms with E-state index in [0.29, 0.717) is 5.69 Å². The Balaban J connectivity index is 2.67. The van der Waals surface area contributed by atoms with Gasteiger partial charge < -0.3 is 15.7 Å². The number of carbonyl (C=O) groups is 3. The molecule has 25 heavy (non-hydrogen) atoms. The fraction of sp³-hybridized carbons (Fsp3) is 0.400. The molecule has 138 valence electrons. The third kappa shape index (κ3) is 6.51. The van der Waals surface area contributed by atoms with Crippen molar-refractivity contribution >= 4 is 33.5 Å². The van der Waals surface area contributed by atoms with Crippen LogP contribution in [0.5, 0.6) is 0 Å². The Hall–Kier alpha value is -2.46. The lowest BCUT2D eigenvalue weighted by Gasteiger charge is -2.17. The lowest BCUT2D eigenvalue weighted by atomic mass is 10.2. The fourth-order valence-corrected chi connectivity index (χ4v) is 3.41. The summed E-state index contributed by atoms with van der Waals surface area (Å²) in [7, 11) is -3.68. The Labute approximate surface area is 146 Å². The Morgan fingerprint density at radius 3 is 2.12 bits per heavy atom. The molecule has 0 fully saturated rings. The molecule has 3 N–H and O–H groups in total. The lowest BCUT2D eigenvalue weighted by Crippen LogP contribution is -2.36. The normalized spacial score (nSPS) is 11.2. The van der Waals surface area contributed by atoms with Gasteiger partial charge in [0.2, 0.25) is 15.9 Å². The van der Waals surface area contributed by atoms with Crippen LogP contribution in [-0.2, 0) is 19.6 Å². The molecule has 0 bridgehead atoms. The maximum atomic E-state index is 12.0. The number of rotatable bonds is 9. The number of hydrogen-bond acceptors (Lipinski definition) is 5. The van der Waals surface area contributed by atoms with Gasteiger partial charge in [-0.1, -0.05) is 13.8 Å². The van der Waals surface area contributed by atoms with Crippen LogP contribution in [0, 0.1) is 0 Å². The van der Waals surface area contributed by atoms with E-state index in [4.69, 9.17) is 5.11 Å². The zero-order valence-corrected chi connectivity index (χ0v) is 14.8. The quantitative estimate of drug-likeness (QED) is 0.564. The zero-order chi connectivity index (χ0) is 19.0. The van der Waals surface area contributed by atoms with Crippen molar-refractivity contribution in [2.24, 2.45) is 0 Å². The summed E-state index contributed by atoms with van der Waals surface area (Å²) >= 11 is 0. The van der Waals surface area contributed by atoms with Crippen molar-refractivity contribution in [3.05, 3.63) is 29.8 Å². The highest BCUT2D eigenvalue weighted by Crippen LogP contribution is 2.10. The van der Waals surface area contributed by atoms with Gasteiger partial charge in [0, 0.05) is 24.3 Å². The van der Waals surface area contributed by atoms with Crippen LogP contribution in [0.3, 0.4) is 0 Å². The first-order valence-electron chi connectivity index (χ1n) is 7.57. The predicted molar refractivity (Wildman–Crippen MR) is 91.7 cm³/mol. The maximum absolute atomic E-state index is 12.0. The number of nitrogens with one attached hydrogen (secondary N) is 2. The third-order valence-corrected chi connectivity index (χ3v) is 5.17. The highest BCUT2D eigenvalue weighted by Gasteiger charge is 2.22. The molecule has 0 saturated heterocycles. The van der Waals surface area contributed by atoms with Crippen LogP contribution in [0.4, 0.5) is 5.69 Å². The Kier molecular flexibility index (Phi) is 7.52. The van der Waals surface area contributed by atoms with Crippen LogP contribution in [0.15, 0.2) is 24.3 Å². The van der Waals surface area contributed by atoms with Crippen molar-refractivity contribution in [3.8, 4) is 0 Å². The largest absolute Gasteiger partial charge is 0.480 e. The number of aliphatic carboxylic acids is 1. The van der Waals surface area contributed by atoms with E-state index in [2.05, 4.69) is 10.6 Å². The molecule has 0 atom stereocenters. The van der Waals surface area contributed by atoms with E-state index in [1.54, 1.807) is 13.8 Å². The summed E-state index contributed by atoms with van der Waals surface area (Å²) in [5, 5.41) is 13.2. The molecule has 1 aromatic rings. The molecule has 2 amide bonds. The highest BCUT2D eigenvalue weighted by molar-refractivity contribution is 7.89. The molecule has 9 nitrogen and oxygen atoms in total. The standard InChI is InChI=1S/C15H21N3O6S/c1-3-18(4-2)25(23,24)10-13(19)17-12-7-5-11(6-8-12)15(22)16-9-14(20)21/h5-8H,3-4,9-10H2,1-2H3,(H,16,22)(H,17,19)(H,20,21). The molecule has 0 spiro atoms. The van der Waals surface area contributed by atoms with Gasteiger partial charge in [0.15, 0.2) is 0 Å². The van der Waals surface area contributed by atoms with Gasteiger partial charge in [0.25, 0.3) is 5.91 Å². The second-order valence-electron chi connectivity index (χ2n) is 5.04. The number of hydrogen-bond donors (Lipinski definition) is 3. The minimum absolute atomic E-state index is 0.218. The smallest absolute Gasteiger partial charge is 0.322 e. The summed E-state index contributed by atoms with van der Waals surface area (Å²) in [5.41, 5.74) is 0.546. The van der Waals surface area contributed by atoms with Gasteiger partial charge in [-0.25, -0.2) is 12.7 Å². The third-order valence-electron chi connectivity index (χ3n) is 3.24. The van der Waals surface area contributed by atoms with Crippen LogP contribution >= 0.6 is 0 Å². The number of carboxylic acid groups (broad SMARTS) is 1. The van der Waals surface area contributed by atoms with Crippen molar-refractivity contribution in [2.75, 3.05) is 30.7 Å². The second-order valence-corrected chi connectivity index (χ2v) is 7.01. The average molecular weight is 371 g/mol. The van der Waals surface area contributed by atoms with Gasteiger partial charge in [-0.05, 0) is 24.3 Å². The summed E-state index contributed by atoms with van der Waals surface area (Å²) < 4.78 is 25.3. The highest BCUT2D eigenvalue weighted by atomic mass is 32.2. The van der Waals surface area contributed by atoms with Gasteiger partial charge in [0.05, 0.1) is 0 Å². The Morgan fingerprint density at radius 2 is 1.64 bits per heavy atom. The molecule has 1 aromatic carbocycles. The molecule has 0 aliphatic rings. The summed E-state index contributed by atoms with van der Waals surface area (Å²) in [6.45, 7) is 3.44. The zero-order valence-electron chi connectivity index (χ0n) is 14.0. The fourth-order valence-electron chi connectivity index (χ4n) is 2.03. The summed E-state index contributed by atoms with van der Waals surface area (Å²) in [5.74, 6) is -3.08. The van der Waals surface area contributed by atoms with Gasteiger partial charge >= 0.3 is 5.97 Å². The molecule has 0 heterocycles. The van der Waals surface area contributed by atoms with E-state index in [1.807, 2.05) is 0 Å². The minimum atomic E-state index is -3.68. The molecule has 0 aliphatic carbocycles. The topological polar surface area (TPSA) is 133 Å². The predicted octanol–water partition coefficient (Wildman–Crippen LogP) is 0.111. The number of sulfonamides is 1. The van der Waals surface area contributed by atoms with E-state index >= 15 is 0 Å². The first-order valence-corrected chi connectivity index (χ1v) is 9.18. The molecular weight excluding hydrogens is 350 g/mol. The van der Waals surface area contributed by atoms with Crippen LogP contribution in [0.1, 0.15) is 24.2 Å². The van der Waals surface area contributed by atoms with Gasteiger partial charge in [-0.15, -0.1) is 0 Å². The van der Waals surface area contributed by atoms with Crippen LogP contribution in [-0.4, -0.2) is 61.0 Å². The summed E-state index contributed by atoms with van der Waals surface area (Å²) in [6.07, 6.45) is 0. The number of carbonyl (C=O) groups excluding carboxylic acids is 2. The number of carboxylic acids is 1. The van der Waals surface area contributed by atoms with Crippen molar-refractivity contribution in [1.29, 1.82) is 0 Å². The van der Waals surface area contributed by atoms with Crippen LogP contribution < -0.4 is 10.6 Å². The van der Waals surface area contributed by atoms with E-state index in [0.717, 1.165) is 0 Å². The SMILES string of the molecule is CCN(CC)S(=O)(=O)CC(=O)Nc1ccc(C(=O)NCC(=O)O)cc1. The average Bonchev–Trinajstić information content (AvgIpc) is 2.53. The van der Waals surface area contributed by atoms with Crippen LogP contribution in [0.25, 0.3) is 0 Å². The van der Waals surface area contributed by atoms with E-state index in [-0.39, 0.29) is 18.7 Å². The van der Waals surface area contributed by atoms with Crippen LogP contribution in [0.2, 0.25) is 0 Å². The number of nitrogens with zero attached hydrogens (tertiary/aromatic N) is 1. The summed E-state index contributed by atoms with van der Waals surface area (Å²) in [4.78, 5) is 34.0. The first-order chi connectivity index (χ1) is 11.7. The molecule has 0 aliphatic heterocycles. The Morgan fingerprint density at radius 1 is 1.08 bits per heavy atom. The first kappa shape index (κ1) is 20.6. The van der Waals surface area contributed by atoms with E-state index < -0.39 is 40.1 Å². The number of anilines is 1. The second kappa shape index (κ2) is 9.14. The molecular formula is C15H21N3O6S. The summed E-state index contributed by atoms with van der Waals surface area (Å²) in [6, 6.07) is 5.65. The van der Waals surface area contributed by atoms with E-state index in [9.17, 15) is 22.8 Å². The molecule has 0 radical (unpaired) electrons. The molecule has 0 unspecified atom stereocenters. The molecule has 0 saturated carbocycles. The van der Waals surface area contributed by atoms with Gasteiger partial charge in [-0.2, -0.15) is 0 Å². The number of amides is 2. The maximum Gasteiger partial charge on any atom is 0.322 e. The van der Waals surface area contributed by atoms with Crippen molar-refractivity contribution in [1.82, 2.24) is 9.62 Å². The molecule has 0 aromatic heterocycles. The lowest BCUT2D eigenvalue weighted by molar-refractivity contribution is -0.135. The van der Waals surface area contributed by atoms with Crippen molar-refractivity contribution in [2.45, 2.75) is 13.8 Å². The van der Waals surface area contributed by atoms with Crippen molar-refractivity contribution < 1.29 is 27.9 Å². The monoisotopic (exact) mass is 371 g/mol. The van der Waals surface area contributed by atoms with Crippen molar-refractivity contribution in [3.63, 3.8) is 0 Å².